The number of rotatable bonds is 6. The van der Waals surface area contributed by atoms with E-state index in [0.29, 0.717) is 33.4 Å². The summed E-state index contributed by atoms with van der Waals surface area (Å²) in [5, 5.41) is 14.1. The summed E-state index contributed by atoms with van der Waals surface area (Å²) < 4.78 is 0. The fourth-order valence-corrected chi connectivity index (χ4v) is 5.45. The SMILES string of the molecule is Bc1ccc(C(=O)N[C@H]2CCCNC2)c(NC2(Cc3cccc(Cl)c3)C(=O)Nc3cc(Cl)ccc32)c1. The van der Waals surface area contributed by atoms with Gasteiger partial charge in [-0.25, -0.2) is 0 Å². The molecule has 2 amide bonds. The van der Waals surface area contributed by atoms with Crippen molar-refractivity contribution in [1.29, 1.82) is 0 Å². The lowest BCUT2D eigenvalue weighted by Gasteiger charge is -2.32. The molecule has 3 aromatic rings. The minimum atomic E-state index is -1.17. The maximum Gasteiger partial charge on any atom is 0.255 e. The Hall–Kier alpha value is -3.00. The van der Waals surface area contributed by atoms with Gasteiger partial charge in [-0.15, -0.1) is 0 Å². The van der Waals surface area contributed by atoms with Gasteiger partial charge in [-0.3, -0.25) is 9.59 Å². The van der Waals surface area contributed by atoms with E-state index in [2.05, 4.69) is 21.3 Å². The average Bonchev–Trinajstić information content (AvgIpc) is 3.09. The van der Waals surface area contributed by atoms with Crippen molar-refractivity contribution in [3.63, 3.8) is 0 Å². The van der Waals surface area contributed by atoms with Crippen molar-refractivity contribution >= 4 is 59.7 Å². The van der Waals surface area contributed by atoms with E-state index in [1.807, 2.05) is 50.3 Å². The van der Waals surface area contributed by atoms with Gasteiger partial charge in [-0.1, -0.05) is 52.9 Å². The second-order valence-corrected chi connectivity index (χ2v) is 10.4. The highest BCUT2D eigenvalue weighted by molar-refractivity contribution is 6.33. The molecule has 1 unspecified atom stereocenters. The van der Waals surface area contributed by atoms with Crippen LogP contribution in [0.1, 0.15) is 34.3 Å². The highest BCUT2D eigenvalue weighted by Gasteiger charge is 2.47. The van der Waals surface area contributed by atoms with Crippen LogP contribution in [0.2, 0.25) is 10.0 Å². The molecule has 0 radical (unpaired) electrons. The fourth-order valence-electron chi connectivity index (χ4n) is 5.07. The average molecular weight is 521 g/mol. The number of benzene rings is 3. The summed E-state index contributed by atoms with van der Waals surface area (Å²) in [6.07, 6.45) is 2.28. The Morgan fingerprint density at radius 2 is 1.92 bits per heavy atom. The van der Waals surface area contributed by atoms with Crippen molar-refractivity contribution in [3.05, 3.63) is 87.4 Å². The molecule has 36 heavy (non-hydrogen) atoms. The van der Waals surface area contributed by atoms with Gasteiger partial charge in [0.15, 0.2) is 0 Å². The maximum atomic E-state index is 13.7. The first kappa shape index (κ1) is 24.7. The van der Waals surface area contributed by atoms with E-state index in [1.165, 1.54) is 0 Å². The predicted octanol–water partition coefficient (Wildman–Crippen LogP) is 3.24. The summed E-state index contributed by atoms with van der Waals surface area (Å²) in [7, 11) is 1.96. The minimum Gasteiger partial charge on any atom is -0.367 e. The van der Waals surface area contributed by atoms with Crippen molar-refractivity contribution < 1.29 is 9.59 Å². The molecule has 2 atom stereocenters. The van der Waals surface area contributed by atoms with E-state index < -0.39 is 5.54 Å². The molecule has 2 aliphatic heterocycles. The molecule has 4 N–H and O–H groups in total. The predicted molar refractivity (Wildman–Crippen MR) is 149 cm³/mol. The summed E-state index contributed by atoms with van der Waals surface area (Å²) in [6, 6.07) is 18.5. The first-order valence-corrected chi connectivity index (χ1v) is 12.9. The molecule has 3 aromatic carbocycles. The molecular weight excluding hydrogens is 494 g/mol. The number of halogens is 2. The first-order valence-electron chi connectivity index (χ1n) is 12.1. The first-order chi connectivity index (χ1) is 17.3. The van der Waals surface area contributed by atoms with Crippen molar-refractivity contribution in [1.82, 2.24) is 10.6 Å². The maximum absolute atomic E-state index is 13.7. The summed E-state index contributed by atoms with van der Waals surface area (Å²) in [4.78, 5) is 27.1. The van der Waals surface area contributed by atoms with Crippen molar-refractivity contribution in [3.8, 4) is 0 Å². The van der Waals surface area contributed by atoms with Crippen LogP contribution in [0.5, 0.6) is 0 Å². The lowest BCUT2D eigenvalue weighted by Crippen LogP contribution is -2.47. The molecule has 2 aliphatic rings. The zero-order chi connectivity index (χ0) is 25.3. The molecule has 1 saturated heterocycles. The fraction of sp³-hybridized carbons (Fsp3) is 0.259. The number of nitrogens with one attached hydrogen (secondary N) is 4. The lowest BCUT2D eigenvalue weighted by molar-refractivity contribution is -0.119. The summed E-state index contributed by atoms with van der Waals surface area (Å²) in [6.45, 7) is 1.71. The van der Waals surface area contributed by atoms with Gasteiger partial charge >= 0.3 is 0 Å². The third-order valence-corrected chi connectivity index (χ3v) is 7.31. The number of anilines is 2. The van der Waals surface area contributed by atoms with Gasteiger partial charge in [0.25, 0.3) is 11.8 Å². The minimum absolute atomic E-state index is 0.0680. The van der Waals surface area contributed by atoms with Crippen LogP contribution in [0.4, 0.5) is 11.4 Å². The van der Waals surface area contributed by atoms with E-state index in [4.69, 9.17) is 23.2 Å². The van der Waals surface area contributed by atoms with Crippen molar-refractivity contribution in [2.24, 2.45) is 0 Å². The largest absolute Gasteiger partial charge is 0.367 e. The molecule has 1 fully saturated rings. The number of piperidine rings is 1. The van der Waals surface area contributed by atoms with Crippen molar-refractivity contribution in [2.75, 3.05) is 23.7 Å². The van der Waals surface area contributed by atoms with Crippen LogP contribution in [-0.4, -0.2) is 38.8 Å². The smallest absolute Gasteiger partial charge is 0.255 e. The Labute approximate surface area is 221 Å². The Morgan fingerprint density at radius 1 is 1.08 bits per heavy atom. The van der Waals surface area contributed by atoms with Gasteiger partial charge in [-0.05, 0) is 61.3 Å². The topological polar surface area (TPSA) is 82.3 Å². The lowest BCUT2D eigenvalue weighted by atomic mass is 9.83. The van der Waals surface area contributed by atoms with E-state index in [1.54, 1.807) is 18.2 Å². The number of amides is 2. The normalized spacial score (nSPS) is 20.9. The van der Waals surface area contributed by atoms with Gasteiger partial charge in [0.05, 0.1) is 5.56 Å². The summed E-state index contributed by atoms with van der Waals surface area (Å²) >= 11 is 12.5. The zero-order valence-electron chi connectivity index (χ0n) is 20.0. The molecule has 0 saturated carbocycles. The zero-order valence-corrected chi connectivity index (χ0v) is 21.5. The third-order valence-electron chi connectivity index (χ3n) is 6.84. The highest BCUT2D eigenvalue weighted by Crippen LogP contribution is 2.42. The number of carbonyl (C=O) groups is 2. The van der Waals surface area contributed by atoms with E-state index in [-0.39, 0.29) is 17.9 Å². The molecule has 2 heterocycles. The molecule has 184 valence electrons. The molecule has 5 rings (SSSR count). The van der Waals surface area contributed by atoms with Crippen LogP contribution in [0, 0.1) is 0 Å². The number of carbonyl (C=O) groups excluding carboxylic acids is 2. The standard InChI is InChI=1S/C27H27BCl2N4O2/c28-17-6-8-21(25(35)32-20-5-2-10-31-15-20)23(12-17)34-27(14-16-3-1-4-18(29)11-16)22-9-7-19(30)13-24(22)33-26(27)36/h1,3-4,6-9,11-13,20,31,34H,2,5,10,14-15,28H2,(H,32,35)(H,33,36)/t20-,27?/m0/s1. The van der Waals surface area contributed by atoms with Gasteiger partial charge in [0, 0.05) is 46.0 Å². The number of fused-ring (bicyclic) bond motifs is 1. The monoisotopic (exact) mass is 520 g/mol. The Balaban J connectivity index is 1.56. The van der Waals surface area contributed by atoms with E-state index in [9.17, 15) is 9.59 Å². The second kappa shape index (κ2) is 10.2. The number of hydrogen-bond acceptors (Lipinski definition) is 4. The van der Waals surface area contributed by atoms with Gasteiger partial charge in [0.1, 0.15) is 13.4 Å². The van der Waals surface area contributed by atoms with Crippen LogP contribution >= 0.6 is 23.2 Å². The van der Waals surface area contributed by atoms with Gasteiger partial charge in [0.2, 0.25) is 0 Å². The molecule has 6 nitrogen and oxygen atoms in total. The van der Waals surface area contributed by atoms with Crippen LogP contribution in [-0.2, 0) is 16.8 Å². The van der Waals surface area contributed by atoms with E-state index in [0.717, 1.165) is 42.5 Å². The van der Waals surface area contributed by atoms with Crippen LogP contribution in [0.15, 0.2) is 60.7 Å². The molecule has 0 spiro atoms. The van der Waals surface area contributed by atoms with Gasteiger partial charge in [-0.2, -0.15) is 0 Å². The molecule has 9 heteroatoms. The van der Waals surface area contributed by atoms with Crippen LogP contribution in [0.3, 0.4) is 0 Å². The highest BCUT2D eigenvalue weighted by atomic mass is 35.5. The van der Waals surface area contributed by atoms with E-state index >= 15 is 0 Å². The van der Waals surface area contributed by atoms with Crippen LogP contribution in [0.25, 0.3) is 0 Å². The molecular formula is C27H27BCl2N4O2. The number of hydrogen-bond donors (Lipinski definition) is 4. The Morgan fingerprint density at radius 3 is 2.69 bits per heavy atom. The van der Waals surface area contributed by atoms with Gasteiger partial charge < -0.3 is 21.3 Å². The quantitative estimate of drug-likeness (QED) is 0.376. The molecule has 0 aliphatic carbocycles. The summed E-state index contributed by atoms with van der Waals surface area (Å²) in [5.74, 6) is -0.386. The third kappa shape index (κ3) is 4.96. The summed E-state index contributed by atoms with van der Waals surface area (Å²) in [5.41, 5.74) is 3.19. The Kier molecular flexibility index (Phi) is 6.97. The van der Waals surface area contributed by atoms with Crippen LogP contribution < -0.4 is 26.7 Å². The molecule has 0 bridgehead atoms. The Bertz CT molecular complexity index is 1330. The second-order valence-electron chi connectivity index (χ2n) is 9.55. The van der Waals surface area contributed by atoms with Crippen molar-refractivity contribution in [2.45, 2.75) is 30.8 Å². The molecule has 0 aromatic heterocycles.